The summed E-state index contributed by atoms with van der Waals surface area (Å²) < 4.78 is 2.53. The Balaban J connectivity index is 1.78. The van der Waals surface area contributed by atoms with Gasteiger partial charge in [-0.1, -0.05) is 35.5 Å². The molecule has 0 fully saturated rings. The minimum atomic E-state index is -0.537. The number of nitrogens with zero attached hydrogens (tertiary/aromatic N) is 4. The predicted molar refractivity (Wildman–Crippen MR) is 131 cm³/mol. The third-order valence-corrected chi connectivity index (χ3v) is 7.26. The molecule has 6 nitrogen and oxygen atoms in total. The number of aliphatic hydroxyl groups excluding tert-OH is 1. The lowest BCUT2D eigenvalue weighted by Crippen LogP contribution is -2.25. The van der Waals surface area contributed by atoms with E-state index >= 15 is 0 Å². The minimum absolute atomic E-state index is 0.104. The van der Waals surface area contributed by atoms with Crippen LogP contribution in [0.5, 0.6) is 0 Å². The number of benzene rings is 2. The van der Waals surface area contributed by atoms with Gasteiger partial charge in [0, 0.05) is 11.1 Å². The van der Waals surface area contributed by atoms with E-state index in [1.165, 1.54) is 23.1 Å². The molecule has 4 aromatic rings. The van der Waals surface area contributed by atoms with Gasteiger partial charge in [0.15, 0.2) is 5.16 Å². The van der Waals surface area contributed by atoms with Gasteiger partial charge in [-0.15, -0.1) is 11.3 Å². The van der Waals surface area contributed by atoms with E-state index in [1.54, 1.807) is 29.7 Å². The van der Waals surface area contributed by atoms with Gasteiger partial charge in [0.05, 0.1) is 26.4 Å². The van der Waals surface area contributed by atoms with Crippen LogP contribution in [-0.2, 0) is 0 Å². The molecule has 0 aliphatic heterocycles. The highest BCUT2D eigenvalue weighted by Gasteiger charge is 2.23. The number of hydrogen-bond acceptors (Lipinski definition) is 7. The fourth-order valence-electron chi connectivity index (χ4n) is 3.30. The fraction of sp³-hybridized carbons (Fsp3) is 0.217. The van der Waals surface area contributed by atoms with Crippen LogP contribution in [0.2, 0.25) is 5.02 Å². The lowest BCUT2D eigenvalue weighted by molar-refractivity contribution is 0.401. The SMILES string of the molecule is CC(Sc1nc2cc(Cl)ccc2c(=O)n1C(C)C)/C(O)=C(\C#N)c1nc2ccccc2s1. The zero-order chi connectivity index (χ0) is 23.0. The summed E-state index contributed by atoms with van der Waals surface area (Å²) in [5, 5.41) is 22.0. The number of para-hydroxylation sites is 1. The minimum Gasteiger partial charge on any atom is -0.510 e. The van der Waals surface area contributed by atoms with Crippen molar-refractivity contribution in [2.24, 2.45) is 0 Å². The molecule has 2 heterocycles. The van der Waals surface area contributed by atoms with E-state index in [4.69, 9.17) is 11.6 Å². The maximum Gasteiger partial charge on any atom is 0.262 e. The normalized spacial score (nSPS) is 13.4. The lowest BCUT2D eigenvalue weighted by Gasteiger charge is -2.19. The zero-order valence-corrected chi connectivity index (χ0v) is 19.9. The van der Waals surface area contributed by atoms with Gasteiger partial charge < -0.3 is 5.11 Å². The Hall–Kier alpha value is -2.86. The van der Waals surface area contributed by atoms with E-state index < -0.39 is 5.25 Å². The molecule has 1 unspecified atom stereocenters. The first-order chi connectivity index (χ1) is 15.3. The number of thioether (sulfide) groups is 1. The number of aromatic nitrogens is 3. The summed E-state index contributed by atoms with van der Waals surface area (Å²) in [7, 11) is 0. The highest BCUT2D eigenvalue weighted by molar-refractivity contribution is 7.99. The van der Waals surface area contributed by atoms with Gasteiger partial charge in [-0.3, -0.25) is 9.36 Å². The van der Waals surface area contributed by atoms with Crippen LogP contribution >= 0.6 is 34.7 Å². The van der Waals surface area contributed by atoms with Crippen LogP contribution in [0.3, 0.4) is 0 Å². The van der Waals surface area contributed by atoms with Crippen LogP contribution in [-0.4, -0.2) is 24.9 Å². The van der Waals surface area contributed by atoms with Crippen molar-refractivity contribution in [3.63, 3.8) is 0 Å². The van der Waals surface area contributed by atoms with Crippen LogP contribution in [0.15, 0.2) is 58.2 Å². The second-order valence-corrected chi connectivity index (χ2v) is 10.2. The van der Waals surface area contributed by atoms with Gasteiger partial charge in [-0.2, -0.15) is 5.26 Å². The van der Waals surface area contributed by atoms with Gasteiger partial charge in [0.2, 0.25) is 0 Å². The van der Waals surface area contributed by atoms with Gasteiger partial charge in [-0.05, 0) is 51.1 Å². The first-order valence-corrected chi connectivity index (χ1v) is 11.9. The van der Waals surface area contributed by atoms with Gasteiger partial charge in [-0.25, -0.2) is 9.97 Å². The number of fused-ring (bicyclic) bond motifs is 2. The van der Waals surface area contributed by atoms with Gasteiger partial charge in [0.1, 0.15) is 22.4 Å². The summed E-state index contributed by atoms with van der Waals surface area (Å²) in [5.74, 6) is -0.104. The van der Waals surface area contributed by atoms with Crippen molar-refractivity contribution in [3.05, 3.63) is 68.6 Å². The number of thiazole rings is 1. The quantitative estimate of drug-likeness (QED) is 0.157. The Kier molecular flexibility index (Phi) is 6.24. The van der Waals surface area contributed by atoms with Crippen molar-refractivity contribution >= 4 is 61.4 Å². The van der Waals surface area contributed by atoms with Crippen LogP contribution in [0.25, 0.3) is 26.7 Å². The standard InChI is InChI=1S/C23H19ClN4O2S2/c1-12(2)28-22(30)15-9-8-14(24)10-18(15)27-23(28)31-13(3)20(29)16(11-25)21-26-17-6-4-5-7-19(17)32-21/h4-10,12-13,29H,1-3H3/b20-16-. The summed E-state index contributed by atoms with van der Waals surface area (Å²) >= 11 is 8.66. The molecule has 0 aliphatic rings. The molecule has 0 saturated heterocycles. The molecule has 2 aromatic heterocycles. The Bertz CT molecular complexity index is 1430. The first-order valence-electron chi connectivity index (χ1n) is 9.87. The topological polar surface area (TPSA) is 91.8 Å². The second-order valence-electron chi connectivity index (χ2n) is 7.44. The van der Waals surface area contributed by atoms with Crippen molar-refractivity contribution in [2.45, 2.75) is 37.2 Å². The van der Waals surface area contributed by atoms with E-state index in [0.717, 1.165) is 10.2 Å². The lowest BCUT2D eigenvalue weighted by atomic mass is 10.2. The highest BCUT2D eigenvalue weighted by atomic mass is 35.5. The summed E-state index contributed by atoms with van der Waals surface area (Å²) in [6.45, 7) is 5.57. The van der Waals surface area contributed by atoms with Crippen molar-refractivity contribution in [1.29, 1.82) is 5.26 Å². The Morgan fingerprint density at radius 1 is 1.19 bits per heavy atom. The molecular weight excluding hydrogens is 464 g/mol. The third kappa shape index (κ3) is 4.11. The fourth-order valence-corrected chi connectivity index (χ4v) is 5.54. The summed E-state index contributed by atoms with van der Waals surface area (Å²) in [5.41, 5.74) is 1.21. The molecule has 32 heavy (non-hydrogen) atoms. The van der Waals surface area contributed by atoms with Gasteiger partial charge in [0.25, 0.3) is 5.56 Å². The Labute approximate surface area is 197 Å². The molecule has 2 aromatic carbocycles. The summed E-state index contributed by atoms with van der Waals surface area (Å²) in [6.07, 6.45) is 0. The van der Waals surface area contributed by atoms with Gasteiger partial charge >= 0.3 is 0 Å². The predicted octanol–water partition coefficient (Wildman–Crippen LogP) is 6.21. The van der Waals surface area contributed by atoms with Crippen molar-refractivity contribution in [1.82, 2.24) is 14.5 Å². The number of rotatable bonds is 5. The number of halogens is 1. The number of hydrogen-bond donors (Lipinski definition) is 1. The second kappa shape index (κ2) is 8.94. The maximum absolute atomic E-state index is 13.1. The third-order valence-electron chi connectivity index (χ3n) is 4.89. The molecule has 0 amide bonds. The van der Waals surface area contributed by atoms with Crippen molar-refractivity contribution in [2.75, 3.05) is 0 Å². The van der Waals surface area contributed by atoms with Crippen molar-refractivity contribution in [3.8, 4) is 6.07 Å². The summed E-state index contributed by atoms with van der Waals surface area (Å²) in [4.78, 5) is 22.2. The average molecular weight is 483 g/mol. The van der Waals surface area contributed by atoms with E-state index in [9.17, 15) is 15.2 Å². The Morgan fingerprint density at radius 3 is 2.62 bits per heavy atom. The van der Waals surface area contributed by atoms with E-state index in [2.05, 4.69) is 16.0 Å². The number of allylic oxidation sites excluding steroid dienone is 1. The molecule has 162 valence electrons. The molecule has 0 radical (unpaired) electrons. The molecule has 0 aliphatic carbocycles. The molecule has 4 rings (SSSR count). The first kappa shape index (κ1) is 22.3. The summed E-state index contributed by atoms with van der Waals surface area (Å²) in [6, 6.07) is 14.5. The van der Waals surface area contributed by atoms with Crippen LogP contribution in [0.4, 0.5) is 0 Å². The average Bonchev–Trinajstić information content (AvgIpc) is 3.17. The molecule has 0 saturated carbocycles. The van der Waals surface area contributed by atoms with Crippen LogP contribution < -0.4 is 5.56 Å². The van der Waals surface area contributed by atoms with E-state index in [0.29, 0.717) is 26.1 Å². The molecule has 0 bridgehead atoms. The van der Waals surface area contributed by atoms with E-state index in [1.807, 2.05) is 38.1 Å². The van der Waals surface area contributed by atoms with Crippen molar-refractivity contribution < 1.29 is 5.11 Å². The van der Waals surface area contributed by atoms with E-state index in [-0.39, 0.29) is 22.9 Å². The zero-order valence-electron chi connectivity index (χ0n) is 17.5. The van der Waals surface area contributed by atoms with Crippen LogP contribution in [0, 0.1) is 11.3 Å². The molecule has 0 spiro atoms. The van der Waals surface area contributed by atoms with Crippen LogP contribution in [0.1, 0.15) is 31.8 Å². The Morgan fingerprint density at radius 2 is 1.94 bits per heavy atom. The molecule has 9 heteroatoms. The smallest absolute Gasteiger partial charge is 0.262 e. The highest BCUT2D eigenvalue weighted by Crippen LogP contribution is 2.34. The molecule has 1 N–H and O–H groups in total. The number of nitriles is 1. The molecule has 1 atom stereocenters. The number of aliphatic hydroxyl groups is 1. The monoisotopic (exact) mass is 482 g/mol. The largest absolute Gasteiger partial charge is 0.510 e. The maximum atomic E-state index is 13.1. The molecular formula is C23H19ClN4O2S2.